The first-order valence-electron chi connectivity index (χ1n) is 10.5. The van der Waals surface area contributed by atoms with Crippen LogP contribution in [0.2, 0.25) is 0 Å². The lowest BCUT2D eigenvalue weighted by atomic mass is 9.97. The Labute approximate surface area is 194 Å². The Morgan fingerprint density at radius 1 is 1.03 bits per heavy atom. The molecule has 0 atom stereocenters. The van der Waals surface area contributed by atoms with Crippen molar-refractivity contribution in [2.45, 2.75) is 18.8 Å². The third kappa shape index (κ3) is 3.84. The van der Waals surface area contributed by atoms with Gasteiger partial charge in [0.1, 0.15) is 10.7 Å². The summed E-state index contributed by atoms with van der Waals surface area (Å²) in [6.07, 6.45) is 1.85. The summed E-state index contributed by atoms with van der Waals surface area (Å²) in [6, 6.07) is 13.9. The number of benzene rings is 2. The molecule has 4 aromatic rings. The summed E-state index contributed by atoms with van der Waals surface area (Å²) in [5, 5.41) is 3.75. The molecule has 32 heavy (non-hydrogen) atoms. The molecular formula is C24H23N3O3S2. The molecule has 0 saturated carbocycles. The smallest absolute Gasteiger partial charge is 0.273 e. The lowest BCUT2D eigenvalue weighted by Gasteiger charge is -2.30. The Morgan fingerprint density at radius 3 is 2.59 bits per heavy atom. The van der Waals surface area contributed by atoms with Crippen LogP contribution in [0, 0.1) is 0 Å². The van der Waals surface area contributed by atoms with Crippen LogP contribution >= 0.6 is 22.7 Å². The van der Waals surface area contributed by atoms with Crippen LogP contribution < -0.4 is 9.47 Å². The van der Waals surface area contributed by atoms with Gasteiger partial charge in [-0.1, -0.05) is 18.2 Å². The Hall–Kier alpha value is -2.97. The minimum atomic E-state index is -0.0166. The van der Waals surface area contributed by atoms with Crippen LogP contribution in [0.3, 0.4) is 0 Å². The van der Waals surface area contributed by atoms with Crippen molar-refractivity contribution in [3.05, 3.63) is 58.5 Å². The second kappa shape index (κ2) is 8.88. The average molecular weight is 466 g/mol. The number of para-hydroxylation sites is 2. The quantitative estimate of drug-likeness (QED) is 0.392. The monoisotopic (exact) mass is 465 g/mol. The van der Waals surface area contributed by atoms with Crippen molar-refractivity contribution >= 4 is 38.8 Å². The topological polar surface area (TPSA) is 64.5 Å². The van der Waals surface area contributed by atoms with Crippen LogP contribution in [0.5, 0.6) is 11.5 Å². The predicted molar refractivity (Wildman–Crippen MR) is 128 cm³/mol. The molecule has 1 aliphatic rings. The molecule has 5 rings (SSSR count). The zero-order valence-corrected chi connectivity index (χ0v) is 19.5. The third-order valence-corrected chi connectivity index (χ3v) is 7.87. The number of likely N-dealkylation sites (tertiary alicyclic amines) is 1. The molecule has 8 heteroatoms. The van der Waals surface area contributed by atoms with Gasteiger partial charge in [-0.15, -0.1) is 22.7 Å². The van der Waals surface area contributed by atoms with Crippen LogP contribution in [0.4, 0.5) is 0 Å². The van der Waals surface area contributed by atoms with Crippen LogP contribution in [-0.2, 0) is 0 Å². The summed E-state index contributed by atoms with van der Waals surface area (Å²) in [4.78, 5) is 24.5. The van der Waals surface area contributed by atoms with E-state index in [1.54, 1.807) is 25.6 Å². The minimum absolute atomic E-state index is 0.0166. The van der Waals surface area contributed by atoms with E-state index in [-0.39, 0.29) is 5.91 Å². The molecule has 2 aromatic heterocycles. The van der Waals surface area contributed by atoms with Crippen molar-refractivity contribution in [2.24, 2.45) is 0 Å². The number of piperidine rings is 1. The Bertz CT molecular complexity index is 1230. The minimum Gasteiger partial charge on any atom is -0.493 e. The highest BCUT2D eigenvalue weighted by atomic mass is 32.1. The van der Waals surface area contributed by atoms with Gasteiger partial charge in [-0.2, -0.15) is 0 Å². The summed E-state index contributed by atoms with van der Waals surface area (Å²) in [5.41, 5.74) is 2.37. The maximum Gasteiger partial charge on any atom is 0.273 e. The molecule has 1 saturated heterocycles. The SMILES string of the molecule is COc1cccc(-c2nc(C(=O)N3CCC(c4nc5ccccc5s4)CC3)cs2)c1OC. The van der Waals surface area contributed by atoms with Gasteiger partial charge in [-0.3, -0.25) is 4.79 Å². The molecule has 2 aromatic carbocycles. The van der Waals surface area contributed by atoms with E-state index in [0.29, 0.717) is 23.1 Å². The van der Waals surface area contributed by atoms with Gasteiger partial charge in [0.2, 0.25) is 0 Å². The van der Waals surface area contributed by atoms with E-state index in [4.69, 9.17) is 14.5 Å². The molecule has 0 unspecified atom stereocenters. The van der Waals surface area contributed by atoms with E-state index in [1.165, 1.54) is 21.0 Å². The van der Waals surface area contributed by atoms with Gasteiger partial charge >= 0.3 is 0 Å². The molecule has 0 spiro atoms. The van der Waals surface area contributed by atoms with E-state index in [0.717, 1.165) is 42.0 Å². The zero-order valence-electron chi connectivity index (χ0n) is 17.9. The van der Waals surface area contributed by atoms with Gasteiger partial charge in [0.15, 0.2) is 11.5 Å². The zero-order chi connectivity index (χ0) is 22.1. The highest BCUT2D eigenvalue weighted by Crippen LogP contribution is 2.39. The Kier molecular flexibility index (Phi) is 5.80. The highest BCUT2D eigenvalue weighted by molar-refractivity contribution is 7.18. The second-order valence-corrected chi connectivity index (χ2v) is 9.59. The first-order valence-corrected chi connectivity index (χ1v) is 12.2. The molecule has 0 N–H and O–H groups in total. The summed E-state index contributed by atoms with van der Waals surface area (Å²) >= 11 is 3.21. The molecule has 0 aliphatic carbocycles. The van der Waals surface area contributed by atoms with Gasteiger partial charge in [0.25, 0.3) is 5.91 Å². The molecule has 1 amide bonds. The average Bonchev–Trinajstić information content (AvgIpc) is 3.50. The van der Waals surface area contributed by atoms with E-state index in [1.807, 2.05) is 34.5 Å². The number of hydrogen-bond acceptors (Lipinski definition) is 7. The van der Waals surface area contributed by atoms with Gasteiger partial charge in [0.05, 0.1) is 35.0 Å². The summed E-state index contributed by atoms with van der Waals surface area (Å²) in [5.74, 6) is 1.66. The van der Waals surface area contributed by atoms with Crippen LogP contribution in [-0.4, -0.2) is 48.1 Å². The molecule has 0 radical (unpaired) electrons. The van der Waals surface area contributed by atoms with E-state index < -0.39 is 0 Å². The standard InChI is InChI=1S/C24H23N3O3S2/c1-29-19-8-5-6-16(21(19)30-2)23-26-18(14-31-23)24(28)27-12-10-15(11-13-27)22-25-17-7-3-4-9-20(17)32-22/h3-9,14-15H,10-13H2,1-2H3. The van der Waals surface area contributed by atoms with Crippen LogP contribution in [0.25, 0.3) is 20.8 Å². The summed E-state index contributed by atoms with van der Waals surface area (Å²) in [7, 11) is 3.22. The number of hydrogen-bond donors (Lipinski definition) is 0. The molecule has 1 fully saturated rings. The number of aromatic nitrogens is 2. The fraction of sp³-hybridized carbons (Fsp3) is 0.292. The second-order valence-electron chi connectivity index (χ2n) is 7.67. The molecule has 0 bridgehead atoms. The summed E-state index contributed by atoms with van der Waals surface area (Å²) < 4.78 is 12.1. The number of rotatable bonds is 5. The molecule has 6 nitrogen and oxygen atoms in total. The largest absolute Gasteiger partial charge is 0.493 e. The Balaban J connectivity index is 1.29. The number of thiazole rings is 2. The normalized spacial score (nSPS) is 14.6. The lowest BCUT2D eigenvalue weighted by Crippen LogP contribution is -2.38. The first-order chi connectivity index (χ1) is 15.7. The number of carbonyl (C=O) groups is 1. The van der Waals surface area contributed by atoms with Gasteiger partial charge in [-0.05, 0) is 37.1 Å². The third-order valence-electron chi connectivity index (χ3n) is 5.80. The van der Waals surface area contributed by atoms with Crippen LogP contribution in [0.15, 0.2) is 47.8 Å². The predicted octanol–water partition coefficient (Wildman–Crippen LogP) is 5.46. The van der Waals surface area contributed by atoms with E-state index in [2.05, 4.69) is 23.2 Å². The highest BCUT2D eigenvalue weighted by Gasteiger charge is 2.28. The number of amides is 1. The molecule has 1 aliphatic heterocycles. The Morgan fingerprint density at radius 2 is 1.84 bits per heavy atom. The van der Waals surface area contributed by atoms with Gasteiger partial charge in [-0.25, -0.2) is 9.97 Å². The molecular weight excluding hydrogens is 442 g/mol. The van der Waals surface area contributed by atoms with E-state index in [9.17, 15) is 4.79 Å². The lowest BCUT2D eigenvalue weighted by molar-refractivity contribution is 0.0708. The summed E-state index contributed by atoms with van der Waals surface area (Å²) in [6.45, 7) is 1.43. The van der Waals surface area contributed by atoms with Crippen molar-refractivity contribution in [3.8, 4) is 22.1 Å². The molecule has 164 valence electrons. The fourth-order valence-electron chi connectivity index (χ4n) is 4.11. The fourth-order valence-corrected chi connectivity index (χ4v) is 6.06. The number of fused-ring (bicyclic) bond motifs is 1. The van der Waals surface area contributed by atoms with Crippen molar-refractivity contribution in [1.29, 1.82) is 0 Å². The molecule has 3 heterocycles. The van der Waals surface area contributed by atoms with Gasteiger partial charge < -0.3 is 14.4 Å². The van der Waals surface area contributed by atoms with Gasteiger partial charge in [0, 0.05) is 24.4 Å². The van der Waals surface area contributed by atoms with E-state index >= 15 is 0 Å². The van der Waals surface area contributed by atoms with Crippen LogP contribution in [0.1, 0.15) is 34.3 Å². The number of carbonyl (C=O) groups excluding carboxylic acids is 1. The first kappa shape index (κ1) is 20.9. The number of ether oxygens (including phenoxy) is 2. The maximum atomic E-state index is 13.1. The number of methoxy groups -OCH3 is 2. The maximum absolute atomic E-state index is 13.1. The van der Waals surface area contributed by atoms with Crippen molar-refractivity contribution in [2.75, 3.05) is 27.3 Å². The van der Waals surface area contributed by atoms with Crippen molar-refractivity contribution in [1.82, 2.24) is 14.9 Å². The number of nitrogens with zero attached hydrogens (tertiary/aromatic N) is 3. The van der Waals surface area contributed by atoms with Crippen molar-refractivity contribution in [3.63, 3.8) is 0 Å². The van der Waals surface area contributed by atoms with Crippen molar-refractivity contribution < 1.29 is 14.3 Å².